The molecule has 0 heterocycles. The van der Waals surface area contributed by atoms with E-state index in [-0.39, 0.29) is 5.91 Å². The number of nitrogens with one attached hydrogen (secondary N) is 1. The van der Waals surface area contributed by atoms with Gasteiger partial charge in [-0.15, -0.1) is 0 Å². The van der Waals surface area contributed by atoms with E-state index in [0.29, 0.717) is 12.5 Å². The Hall–Kier alpha value is -2.95. The average molecular weight is 457 g/mol. The normalized spacial score (nSPS) is 15.2. The number of hydrogen-bond acceptors (Lipinski definition) is 3. The molecule has 178 valence electrons. The molecule has 4 heteroatoms. The number of hydrogen-bond donors (Lipinski definition) is 1. The van der Waals surface area contributed by atoms with E-state index in [2.05, 4.69) is 58.7 Å². The molecule has 1 N–H and O–H groups in total. The Labute approximate surface area is 204 Å². The van der Waals surface area contributed by atoms with Gasteiger partial charge in [-0.2, -0.15) is 0 Å². The first-order chi connectivity index (χ1) is 16.7. The summed E-state index contributed by atoms with van der Waals surface area (Å²) in [5.41, 5.74) is 6.24. The van der Waals surface area contributed by atoms with Crippen molar-refractivity contribution in [3.05, 3.63) is 101 Å². The Morgan fingerprint density at radius 2 is 1.68 bits per heavy atom. The fourth-order valence-electron chi connectivity index (χ4n) is 4.59. The van der Waals surface area contributed by atoms with Gasteiger partial charge >= 0.3 is 0 Å². The lowest BCUT2D eigenvalue weighted by atomic mass is 9.90. The predicted molar refractivity (Wildman–Crippen MR) is 139 cm³/mol. The molecule has 0 spiro atoms. The van der Waals surface area contributed by atoms with Gasteiger partial charge < -0.3 is 10.1 Å². The van der Waals surface area contributed by atoms with Crippen LogP contribution in [0.2, 0.25) is 0 Å². The van der Waals surface area contributed by atoms with Crippen molar-refractivity contribution in [2.75, 3.05) is 25.0 Å². The summed E-state index contributed by atoms with van der Waals surface area (Å²) in [5.74, 6) is 0.0700. The van der Waals surface area contributed by atoms with Crippen molar-refractivity contribution in [3.63, 3.8) is 0 Å². The van der Waals surface area contributed by atoms with Crippen LogP contribution in [0.3, 0.4) is 0 Å². The van der Waals surface area contributed by atoms with Crippen LogP contribution in [0.1, 0.15) is 41.5 Å². The molecular formula is C30H36N2O2. The number of aryl methyl sites for hydroxylation is 2. The SMILES string of the molecule is Cc1ccc(NC(=O)CCCN(CCOC2CCc3ccccc3C2)Cc2ccccc2)cc1. The molecule has 1 amide bonds. The third-order valence-corrected chi connectivity index (χ3v) is 6.53. The molecule has 3 aromatic rings. The number of nitrogens with zero attached hydrogens (tertiary/aromatic N) is 1. The number of carbonyl (C=O) groups excluding carboxylic acids is 1. The zero-order valence-electron chi connectivity index (χ0n) is 20.2. The lowest BCUT2D eigenvalue weighted by Gasteiger charge is -2.27. The van der Waals surface area contributed by atoms with Crippen molar-refractivity contribution in [2.24, 2.45) is 0 Å². The minimum Gasteiger partial charge on any atom is -0.377 e. The first kappa shape index (κ1) is 24.2. The first-order valence-corrected chi connectivity index (χ1v) is 12.5. The van der Waals surface area contributed by atoms with Crippen molar-refractivity contribution in [3.8, 4) is 0 Å². The molecule has 0 saturated carbocycles. The third kappa shape index (κ3) is 7.54. The zero-order valence-corrected chi connectivity index (χ0v) is 20.2. The molecular weight excluding hydrogens is 420 g/mol. The highest BCUT2D eigenvalue weighted by atomic mass is 16.5. The van der Waals surface area contributed by atoms with Gasteiger partial charge in [0.2, 0.25) is 5.91 Å². The van der Waals surface area contributed by atoms with E-state index in [4.69, 9.17) is 4.74 Å². The number of rotatable bonds is 11. The number of benzene rings is 3. The second kappa shape index (κ2) is 12.5. The van der Waals surface area contributed by atoms with Crippen molar-refractivity contribution in [1.82, 2.24) is 4.90 Å². The van der Waals surface area contributed by atoms with Crippen LogP contribution in [0.15, 0.2) is 78.9 Å². The molecule has 0 radical (unpaired) electrons. The molecule has 1 unspecified atom stereocenters. The second-order valence-corrected chi connectivity index (χ2v) is 9.28. The van der Waals surface area contributed by atoms with Gasteiger partial charge in [0.25, 0.3) is 0 Å². The van der Waals surface area contributed by atoms with Gasteiger partial charge in [0.15, 0.2) is 0 Å². The van der Waals surface area contributed by atoms with Crippen molar-refractivity contribution in [2.45, 2.75) is 51.7 Å². The summed E-state index contributed by atoms with van der Waals surface area (Å²) in [6.45, 7) is 5.37. The van der Waals surface area contributed by atoms with E-state index >= 15 is 0 Å². The Kier molecular flexibility index (Phi) is 8.89. The summed E-state index contributed by atoms with van der Waals surface area (Å²) in [6.07, 6.45) is 4.84. The molecule has 1 atom stereocenters. The highest BCUT2D eigenvalue weighted by Crippen LogP contribution is 2.23. The summed E-state index contributed by atoms with van der Waals surface area (Å²) in [5, 5.41) is 3.00. The smallest absolute Gasteiger partial charge is 0.224 e. The molecule has 0 bridgehead atoms. The first-order valence-electron chi connectivity index (χ1n) is 12.5. The molecule has 34 heavy (non-hydrogen) atoms. The number of ether oxygens (including phenoxy) is 1. The van der Waals surface area contributed by atoms with Gasteiger partial charge in [-0.25, -0.2) is 0 Å². The summed E-state index contributed by atoms with van der Waals surface area (Å²) in [6, 6.07) is 27.2. The Morgan fingerprint density at radius 1 is 0.941 bits per heavy atom. The van der Waals surface area contributed by atoms with Gasteiger partial charge in [-0.3, -0.25) is 9.69 Å². The summed E-state index contributed by atoms with van der Waals surface area (Å²) < 4.78 is 6.30. The summed E-state index contributed by atoms with van der Waals surface area (Å²) >= 11 is 0. The molecule has 0 fully saturated rings. The van der Waals surface area contributed by atoms with Gasteiger partial charge in [0.1, 0.15) is 0 Å². The molecule has 4 nitrogen and oxygen atoms in total. The van der Waals surface area contributed by atoms with E-state index in [1.54, 1.807) is 0 Å². The number of fused-ring (bicyclic) bond motifs is 1. The molecule has 0 aromatic heterocycles. The second-order valence-electron chi connectivity index (χ2n) is 9.28. The third-order valence-electron chi connectivity index (χ3n) is 6.53. The quantitative estimate of drug-likeness (QED) is 0.397. The van der Waals surface area contributed by atoms with E-state index in [0.717, 1.165) is 57.6 Å². The van der Waals surface area contributed by atoms with Gasteiger partial charge in [0.05, 0.1) is 12.7 Å². The Balaban J connectivity index is 1.24. The maximum Gasteiger partial charge on any atom is 0.224 e. The lowest BCUT2D eigenvalue weighted by Crippen LogP contribution is -2.31. The van der Waals surface area contributed by atoms with Crippen LogP contribution >= 0.6 is 0 Å². The zero-order chi connectivity index (χ0) is 23.6. The van der Waals surface area contributed by atoms with Crippen LogP contribution in [0, 0.1) is 6.92 Å². The Bertz CT molecular complexity index is 1030. The van der Waals surface area contributed by atoms with Crippen LogP contribution in [-0.4, -0.2) is 36.6 Å². The number of amides is 1. The standard InChI is InChI=1S/C30H36N2O2/c1-24-13-16-28(17-14-24)31-30(33)12-7-19-32(23-25-8-3-2-4-9-25)20-21-34-29-18-15-26-10-5-6-11-27(26)22-29/h2-6,8-11,13-14,16-17,29H,7,12,15,18-23H2,1H3,(H,31,33). The number of anilines is 1. The fraction of sp³-hybridized carbons (Fsp3) is 0.367. The van der Waals surface area contributed by atoms with Crippen LogP contribution in [0.5, 0.6) is 0 Å². The fourth-order valence-corrected chi connectivity index (χ4v) is 4.59. The monoisotopic (exact) mass is 456 g/mol. The molecule has 3 aromatic carbocycles. The lowest BCUT2D eigenvalue weighted by molar-refractivity contribution is -0.116. The van der Waals surface area contributed by atoms with Crippen molar-refractivity contribution < 1.29 is 9.53 Å². The minimum atomic E-state index is 0.0700. The molecule has 0 aliphatic heterocycles. The number of carbonyl (C=O) groups is 1. The topological polar surface area (TPSA) is 41.6 Å². The van der Waals surface area contributed by atoms with Crippen LogP contribution in [0.4, 0.5) is 5.69 Å². The van der Waals surface area contributed by atoms with Gasteiger partial charge in [-0.1, -0.05) is 72.3 Å². The summed E-state index contributed by atoms with van der Waals surface area (Å²) in [4.78, 5) is 14.8. The molecule has 4 rings (SSSR count). The maximum atomic E-state index is 12.4. The largest absolute Gasteiger partial charge is 0.377 e. The van der Waals surface area contributed by atoms with Crippen molar-refractivity contribution >= 4 is 11.6 Å². The van der Waals surface area contributed by atoms with Crippen LogP contribution in [-0.2, 0) is 28.9 Å². The molecule has 0 saturated heterocycles. The van der Waals surface area contributed by atoms with E-state index in [9.17, 15) is 4.79 Å². The molecule has 1 aliphatic rings. The van der Waals surface area contributed by atoms with Crippen LogP contribution in [0.25, 0.3) is 0 Å². The van der Waals surface area contributed by atoms with Crippen molar-refractivity contribution in [1.29, 1.82) is 0 Å². The van der Waals surface area contributed by atoms with E-state index in [1.807, 2.05) is 37.3 Å². The van der Waals surface area contributed by atoms with Crippen LogP contribution < -0.4 is 5.32 Å². The Morgan fingerprint density at radius 3 is 2.47 bits per heavy atom. The van der Waals surface area contributed by atoms with E-state index < -0.39 is 0 Å². The predicted octanol–water partition coefficient (Wildman–Crippen LogP) is 5.79. The molecule has 1 aliphatic carbocycles. The van der Waals surface area contributed by atoms with E-state index in [1.165, 1.54) is 22.3 Å². The highest BCUT2D eigenvalue weighted by Gasteiger charge is 2.19. The average Bonchev–Trinajstić information content (AvgIpc) is 2.86. The highest BCUT2D eigenvalue weighted by molar-refractivity contribution is 5.90. The maximum absolute atomic E-state index is 12.4. The van der Waals surface area contributed by atoms with Gasteiger partial charge in [0, 0.05) is 25.2 Å². The summed E-state index contributed by atoms with van der Waals surface area (Å²) in [7, 11) is 0. The minimum absolute atomic E-state index is 0.0700. The van der Waals surface area contributed by atoms with Gasteiger partial charge in [-0.05, 0) is 68.0 Å².